The Hall–Kier alpha value is -2.78. The molecule has 0 unspecified atom stereocenters. The molecule has 1 saturated carbocycles. The zero-order valence-corrected chi connectivity index (χ0v) is 19.1. The monoisotopic (exact) mass is 455 g/mol. The van der Waals surface area contributed by atoms with Crippen LogP contribution in [0.25, 0.3) is 11.4 Å². The van der Waals surface area contributed by atoms with Gasteiger partial charge in [0.05, 0.1) is 19.8 Å². The number of carbonyl (C=O) groups excluding carboxylic acids is 1. The summed E-state index contributed by atoms with van der Waals surface area (Å²) >= 11 is 0. The third kappa shape index (κ3) is 7.10. The lowest BCUT2D eigenvalue weighted by Gasteiger charge is -2.26. The molecule has 2 aliphatic rings. The molecule has 2 heterocycles. The van der Waals surface area contributed by atoms with Crippen molar-refractivity contribution in [1.29, 1.82) is 0 Å². The predicted molar refractivity (Wildman–Crippen MR) is 124 cm³/mol. The number of aryl methyl sites for hydroxylation is 1. The van der Waals surface area contributed by atoms with E-state index in [-0.39, 0.29) is 30.0 Å². The summed E-state index contributed by atoms with van der Waals surface area (Å²) in [5.41, 5.74) is 0.691. The molecule has 4 rings (SSSR count). The van der Waals surface area contributed by atoms with E-state index in [2.05, 4.69) is 25.4 Å². The van der Waals surface area contributed by atoms with Gasteiger partial charge in [-0.2, -0.15) is 0 Å². The standard InChI is InChI=1S/C24H33N5O4/c30-22(25-10-3-11-29-12-14-32-15-13-29)9-8-21-24(31)26-23(28-27-21)19-6-2-7-20(16-19)33-17-18-4-1-5-18/h2,6-7,16,18H,1,3-5,8-15,17H2,(H,25,30)(H,26,28,31). The van der Waals surface area contributed by atoms with E-state index in [1.165, 1.54) is 19.3 Å². The lowest BCUT2D eigenvalue weighted by atomic mass is 9.86. The Morgan fingerprint density at radius 3 is 2.85 bits per heavy atom. The zero-order chi connectivity index (χ0) is 22.9. The fourth-order valence-corrected chi connectivity index (χ4v) is 3.94. The average molecular weight is 456 g/mol. The summed E-state index contributed by atoms with van der Waals surface area (Å²) < 4.78 is 11.2. The van der Waals surface area contributed by atoms with Gasteiger partial charge in [0.15, 0.2) is 5.82 Å². The van der Waals surface area contributed by atoms with Gasteiger partial charge in [0, 0.05) is 38.0 Å². The minimum Gasteiger partial charge on any atom is -0.493 e. The van der Waals surface area contributed by atoms with E-state index in [0.29, 0.717) is 18.3 Å². The Morgan fingerprint density at radius 1 is 1.24 bits per heavy atom. The number of ether oxygens (including phenoxy) is 2. The first-order chi connectivity index (χ1) is 16.2. The van der Waals surface area contributed by atoms with Crippen LogP contribution in [0.5, 0.6) is 5.75 Å². The molecule has 1 saturated heterocycles. The van der Waals surface area contributed by atoms with Crippen molar-refractivity contribution >= 4 is 5.91 Å². The highest BCUT2D eigenvalue weighted by atomic mass is 16.5. The second-order valence-electron chi connectivity index (χ2n) is 8.74. The molecule has 2 fully saturated rings. The molecule has 0 bridgehead atoms. The highest BCUT2D eigenvalue weighted by Crippen LogP contribution is 2.28. The molecule has 33 heavy (non-hydrogen) atoms. The summed E-state index contributed by atoms with van der Waals surface area (Å²) in [6.07, 6.45) is 5.10. The minimum atomic E-state index is -0.319. The van der Waals surface area contributed by atoms with E-state index in [0.717, 1.165) is 57.2 Å². The number of amides is 1. The van der Waals surface area contributed by atoms with E-state index in [1.807, 2.05) is 24.3 Å². The van der Waals surface area contributed by atoms with Gasteiger partial charge in [-0.1, -0.05) is 18.6 Å². The molecule has 2 N–H and O–H groups in total. The molecule has 0 spiro atoms. The third-order valence-corrected chi connectivity index (χ3v) is 6.25. The number of aromatic amines is 1. The molecule has 0 radical (unpaired) electrons. The zero-order valence-electron chi connectivity index (χ0n) is 19.1. The van der Waals surface area contributed by atoms with Crippen molar-refractivity contribution in [2.24, 2.45) is 5.92 Å². The lowest BCUT2D eigenvalue weighted by Crippen LogP contribution is -2.38. The molecule has 9 nitrogen and oxygen atoms in total. The Kier molecular flexibility index (Phi) is 8.43. The van der Waals surface area contributed by atoms with Crippen molar-refractivity contribution in [3.8, 4) is 17.1 Å². The molecule has 1 aromatic heterocycles. The minimum absolute atomic E-state index is 0.0847. The van der Waals surface area contributed by atoms with Gasteiger partial charge in [0.2, 0.25) is 5.91 Å². The van der Waals surface area contributed by atoms with Gasteiger partial charge >= 0.3 is 0 Å². The molecule has 178 valence electrons. The van der Waals surface area contributed by atoms with E-state index >= 15 is 0 Å². The van der Waals surface area contributed by atoms with Gasteiger partial charge in [-0.05, 0) is 43.9 Å². The van der Waals surface area contributed by atoms with Gasteiger partial charge < -0.3 is 19.8 Å². The van der Waals surface area contributed by atoms with Crippen LogP contribution in [-0.2, 0) is 16.0 Å². The second kappa shape index (κ2) is 11.9. The van der Waals surface area contributed by atoms with E-state index < -0.39 is 0 Å². The highest BCUT2D eigenvalue weighted by Gasteiger charge is 2.18. The number of nitrogens with zero attached hydrogens (tertiary/aromatic N) is 3. The van der Waals surface area contributed by atoms with Crippen LogP contribution < -0.4 is 15.6 Å². The van der Waals surface area contributed by atoms with Gasteiger partial charge in [-0.25, -0.2) is 0 Å². The number of morpholine rings is 1. The Balaban J connectivity index is 1.22. The van der Waals surface area contributed by atoms with Gasteiger partial charge in [0.25, 0.3) is 5.56 Å². The number of carbonyl (C=O) groups is 1. The number of rotatable bonds is 11. The fraction of sp³-hybridized carbons (Fsp3) is 0.583. The van der Waals surface area contributed by atoms with Crippen LogP contribution in [-0.4, -0.2) is 72.0 Å². The van der Waals surface area contributed by atoms with Crippen molar-refractivity contribution in [2.45, 2.75) is 38.5 Å². The van der Waals surface area contributed by atoms with Crippen LogP contribution in [0.4, 0.5) is 0 Å². The SMILES string of the molecule is O=C(CCc1nnc(-c2cccc(OCC3CCC3)c2)[nH]c1=O)NCCCN1CCOCC1. The predicted octanol–water partition coefficient (Wildman–Crippen LogP) is 1.78. The molecular weight excluding hydrogens is 422 g/mol. The van der Waals surface area contributed by atoms with Crippen molar-refractivity contribution in [3.63, 3.8) is 0 Å². The lowest BCUT2D eigenvalue weighted by molar-refractivity contribution is -0.121. The van der Waals surface area contributed by atoms with Crippen LogP contribution in [0.2, 0.25) is 0 Å². The first-order valence-electron chi connectivity index (χ1n) is 11.9. The summed E-state index contributed by atoms with van der Waals surface area (Å²) in [7, 11) is 0. The number of H-pyrrole nitrogens is 1. The van der Waals surface area contributed by atoms with Crippen molar-refractivity contribution in [3.05, 3.63) is 40.3 Å². The first-order valence-corrected chi connectivity index (χ1v) is 11.9. The van der Waals surface area contributed by atoms with Crippen molar-refractivity contribution in [2.75, 3.05) is 46.0 Å². The molecule has 1 aromatic carbocycles. The van der Waals surface area contributed by atoms with Gasteiger partial charge in [0.1, 0.15) is 11.4 Å². The maximum absolute atomic E-state index is 12.5. The largest absolute Gasteiger partial charge is 0.493 e. The van der Waals surface area contributed by atoms with E-state index in [4.69, 9.17) is 9.47 Å². The first kappa shape index (κ1) is 23.4. The summed E-state index contributed by atoms with van der Waals surface area (Å²) in [4.78, 5) is 29.7. The molecule has 9 heteroatoms. The maximum Gasteiger partial charge on any atom is 0.273 e. The van der Waals surface area contributed by atoms with Gasteiger partial charge in [-0.15, -0.1) is 10.2 Å². The molecular formula is C24H33N5O4. The van der Waals surface area contributed by atoms with Crippen LogP contribution in [0, 0.1) is 5.92 Å². The Morgan fingerprint density at radius 2 is 2.09 bits per heavy atom. The molecule has 0 atom stereocenters. The topological polar surface area (TPSA) is 109 Å². The second-order valence-corrected chi connectivity index (χ2v) is 8.74. The highest BCUT2D eigenvalue weighted by molar-refractivity contribution is 5.76. The summed E-state index contributed by atoms with van der Waals surface area (Å²) in [6.45, 7) is 5.74. The van der Waals surface area contributed by atoms with Crippen LogP contribution in [0.3, 0.4) is 0 Å². The van der Waals surface area contributed by atoms with E-state index in [1.54, 1.807) is 0 Å². The number of benzene rings is 1. The Labute approximate surface area is 193 Å². The molecule has 1 amide bonds. The van der Waals surface area contributed by atoms with Crippen LogP contribution >= 0.6 is 0 Å². The number of hydrogen-bond acceptors (Lipinski definition) is 7. The molecule has 2 aromatic rings. The third-order valence-electron chi connectivity index (χ3n) is 6.25. The Bertz CT molecular complexity index is 969. The molecule has 1 aliphatic heterocycles. The fourth-order valence-electron chi connectivity index (χ4n) is 3.94. The normalized spacial score (nSPS) is 16.8. The smallest absolute Gasteiger partial charge is 0.273 e. The van der Waals surface area contributed by atoms with Crippen LogP contribution in [0.1, 0.15) is 37.8 Å². The molecule has 1 aliphatic carbocycles. The number of nitrogens with one attached hydrogen (secondary N) is 2. The van der Waals surface area contributed by atoms with Crippen molar-refractivity contribution in [1.82, 2.24) is 25.4 Å². The van der Waals surface area contributed by atoms with E-state index in [9.17, 15) is 9.59 Å². The summed E-state index contributed by atoms with van der Waals surface area (Å²) in [5.74, 6) is 1.72. The summed E-state index contributed by atoms with van der Waals surface area (Å²) in [6, 6.07) is 7.51. The maximum atomic E-state index is 12.5. The van der Waals surface area contributed by atoms with Crippen molar-refractivity contribution < 1.29 is 14.3 Å². The van der Waals surface area contributed by atoms with Gasteiger partial charge in [-0.3, -0.25) is 14.5 Å². The summed E-state index contributed by atoms with van der Waals surface area (Å²) in [5, 5.41) is 11.2. The number of hydrogen-bond donors (Lipinski definition) is 2. The van der Waals surface area contributed by atoms with Crippen LogP contribution in [0.15, 0.2) is 29.1 Å². The number of aromatic nitrogens is 3. The quantitative estimate of drug-likeness (QED) is 0.497. The average Bonchev–Trinajstić information content (AvgIpc) is 2.81.